The number of hydrogen-bond donors (Lipinski definition) is 1. The Morgan fingerprint density at radius 3 is 2.38 bits per heavy atom. The van der Waals surface area contributed by atoms with Gasteiger partial charge in [0.15, 0.2) is 0 Å². The molecule has 1 aliphatic carbocycles. The lowest BCUT2D eigenvalue weighted by Crippen LogP contribution is -2.55. The minimum absolute atomic E-state index is 0.228. The summed E-state index contributed by atoms with van der Waals surface area (Å²) in [5.74, 6) is 0. The molecule has 0 amide bonds. The molecule has 2 aliphatic rings. The van der Waals surface area contributed by atoms with E-state index in [-0.39, 0.29) is 10.8 Å². The summed E-state index contributed by atoms with van der Waals surface area (Å²) in [5.41, 5.74) is 6.02. The second kappa shape index (κ2) is 4.99. The number of alkyl halides is 3. The van der Waals surface area contributed by atoms with Crippen LogP contribution in [0.2, 0.25) is 0 Å². The lowest BCUT2D eigenvalue weighted by Gasteiger charge is -2.58. The molecule has 1 aromatic rings. The highest BCUT2D eigenvalue weighted by atomic mass is 19.4. The van der Waals surface area contributed by atoms with Crippen LogP contribution in [-0.4, -0.2) is 19.8 Å². The van der Waals surface area contributed by atoms with E-state index in [0.29, 0.717) is 6.54 Å². The Morgan fingerprint density at radius 2 is 1.81 bits per heavy atom. The first-order valence-corrected chi connectivity index (χ1v) is 7.35. The topological polar surface area (TPSA) is 35.2 Å². The van der Waals surface area contributed by atoms with Crippen LogP contribution in [0.5, 0.6) is 0 Å². The van der Waals surface area contributed by atoms with Crippen LogP contribution in [0.3, 0.4) is 0 Å². The summed E-state index contributed by atoms with van der Waals surface area (Å²) in [5, 5.41) is 0. The van der Waals surface area contributed by atoms with E-state index in [2.05, 4.69) is 0 Å². The fraction of sp³-hybridized carbons (Fsp3) is 0.625. The van der Waals surface area contributed by atoms with Crippen LogP contribution >= 0.6 is 0 Å². The van der Waals surface area contributed by atoms with Crippen molar-refractivity contribution in [2.24, 2.45) is 11.1 Å². The van der Waals surface area contributed by atoms with Gasteiger partial charge in [-0.25, -0.2) is 0 Å². The van der Waals surface area contributed by atoms with Gasteiger partial charge in [-0.3, -0.25) is 0 Å². The van der Waals surface area contributed by atoms with Gasteiger partial charge < -0.3 is 10.5 Å². The number of rotatable bonds is 2. The third-order valence-electron chi connectivity index (χ3n) is 5.17. The van der Waals surface area contributed by atoms with Crippen LogP contribution in [0.15, 0.2) is 24.3 Å². The maximum absolute atomic E-state index is 12.9. The Balaban J connectivity index is 1.85. The third kappa shape index (κ3) is 2.57. The maximum Gasteiger partial charge on any atom is 0.416 e. The summed E-state index contributed by atoms with van der Waals surface area (Å²) in [7, 11) is 0. The van der Waals surface area contributed by atoms with Crippen molar-refractivity contribution in [1.82, 2.24) is 0 Å². The van der Waals surface area contributed by atoms with Gasteiger partial charge in [-0.1, -0.05) is 18.2 Å². The van der Waals surface area contributed by atoms with Gasteiger partial charge in [0.1, 0.15) is 0 Å². The molecule has 0 bridgehead atoms. The highest BCUT2D eigenvalue weighted by molar-refractivity contribution is 5.36. The second-order valence-corrected chi connectivity index (χ2v) is 6.53. The van der Waals surface area contributed by atoms with E-state index in [1.165, 1.54) is 12.1 Å². The fourth-order valence-corrected chi connectivity index (χ4v) is 4.03. The smallest absolute Gasteiger partial charge is 0.381 e. The standard InChI is InChI=1S/C16H20F3NO/c17-16(18,19)13-3-1-2-12(8-13)15(11-20)9-14(10-15)4-6-21-7-5-14/h1-3,8H,4-7,9-11,20H2. The van der Waals surface area contributed by atoms with Crippen molar-refractivity contribution in [1.29, 1.82) is 0 Å². The summed E-state index contributed by atoms with van der Waals surface area (Å²) in [6, 6.07) is 5.68. The van der Waals surface area contributed by atoms with Crippen molar-refractivity contribution in [3.05, 3.63) is 35.4 Å². The Labute approximate surface area is 122 Å². The van der Waals surface area contributed by atoms with Crippen LogP contribution in [0.25, 0.3) is 0 Å². The number of benzene rings is 1. The summed E-state index contributed by atoms with van der Waals surface area (Å²) in [6.07, 6.45) is -0.560. The molecule has 1 aliphatic heterocycles. The first-order valence-electron chi connectivity index (χ1n) is 7.35. The lowest BCUT2D eigenvalue weighted by molar-refractivity contribution is -0.137. The van der Waals surface area contributed by atoms with Crippen LogP contribution < -0.4 is 5.73 Å². The zero-order valence-electron chi connectivity index (χ0n) is 11.9. The van der Waals surface area contributed by atoms with Gasteiger partial charge in [0.05, 0.1) is 5.56 Å². The van der Waals surface area contributed by atoms with E-state index in [0.717, 1.165) is 50.5 Å². The summed E-state index contributed by atoms with van der Waals surface area (Å²) in [6.45, 7) is 1.91. The molecule has 5 heteroatoms. The average molecular weight is 299 g/mol. The summed E-state index contributed by atoms with van der Waals surface area (Å²) < 4.78 is 44.0. The van der Waals surface area contributed by atoms with E-state index < -0.39 is 11.7 Å². The largest absolute Gasteiger partial charge is 0.416 e. The van der Waals surface area contributed by atoms with E-state index in [4.69, 9.17) is 10.5 Å². The maximum atomic E-state index is 12.9. The Bertz CT molecular complexity index is 512. The Hall–Kier alpha value is -1.07. The summed E-state index contributed by atoms with van der Waals surface area (Å²) in [4.78, 5) is 0. The first-order chi connectivity index (χ1) is 9.89. The molecule has 3 rings (SSSR count). The molecule has 21 heavy (non-hydrogen) atoms. The normalized spacial score (nSPS) is 23.8. The van der Waals surface area contributed by atoms with Gasteiger partial charge in [-0.15, -0.1) is 0 Å². The van der Waals surface area contributed by atoms with Crippen molar-refractivity contribution >= 4 is 0 Å². The second-order valence-electron chi connectivity index (χ2n) is 6.53. The zero-order valence-corrected chi connectivity index (χ0v) is 11.9. The lowest BCUT2D eigenvalue weighted by atomic mass is 9.48. The third-order valence-corrected chi connectivity index (χ3v) is 5.17. The number of ether oxygens (including phenoxy) is 1. The molecule has 1 spiro atoms. The minimum Gasteiger partial charge on any atom is -0.381 e. The first kappa shape index (κ1) is 14.9. The predicted octanol–water partition coefficient (Wildman–Crippen LogP) is 3.49. The molecule has 116 valence electrons. The van der Waals surface area contributed by atoms with Crippen molar-refractivity contribution < 1.29 is 17.9 Å². The van der Waals surface area contributed by atoms with Gasteiger partial charge in [0.2, 0.25) is 0 Å². The fourth-order valence-electron chi connectivity index (χ4n) is 4.03. The molecule has 2 N–H and O–H groups in total. The van der Waals surface area contributed by atoms with Crippen molar-refractivity contribution in [2.75, 3.05) is 19.8 Å². The molecule has 2 nitrogen and oxygen atoms in total. The van der Waals surface area contributed by atoms with Crippen molar-refractivity contribution in [2.45, 2.75) is 37.3 Å². The van der Waals surface area contributed by atoms with Crippen molar-refractivity contribution in [3.63, 3.8) is 0 Å². The van der Waals surface area contributed by atoms with Gasteiger partial charge >= 0.3 is 6.18 Å². The molecule has 1 heterocycles. The van der Waals surface area contributed by atoms with Gasteiger partial charge in [-0.2, -0.15) is 13.2 Å². The van der Waals surface area contributed by atoms with E-state index in [1.807, 2.05) is 0 Å². The molecule has 0 unspecified atom stereocenters. The Kier molecular flexibility index (Phi) is 3.53. The summed E-state index contributed by atoms with van der Waals surface area (Å²) >= 11 is 0. The van der Waals surface area contributed by atoms with Crippen LogP contribution in [0.1, 0.15) is 36.8 Å². The number of halogens is 3. The molecule has 1 aromatic carbocycles. The quantitative estimate of drug-likeness (QED) is 0.907. The SMILES string of the molecule is NCC1(c2cccc(C(F)(F)F)c2)CC2(CCOCC2)C1. The molecule has 2 fully saturated rings. The van der Waals surface area contributed by atoms with Crippen molar-refractivity contribution in [3.8, 4) is 0 Å². The van der Waals surface area contributed by atoms with Crippen LogP contribution in [0, 0.1) is 5.41 Å². The number of nitrogens with two attached hydrogens (primary N) is 1. The molecule has 1 saturated carbocycles. The predicted molar refractivity (Wildman–Crippen MR) is 73.9 cm³/mol. The molecule has 0 aromatic heterocycles. The van der Waals surface area contributed by atoms with Gasteiger partial charge in [-0.05, 0) is 42.7 Å². The molecular formula is C16H20F3NO. The molecule has 0 radical (unpaired) electrons. The van der Waals surface area contributed by atoms with E-state index >= 15 is 0 Å². The highest BCUT2D eigenvalue weighted by Crippen LogP contribution is 2.60. The van der Waals surface area contributed by atoms with Crippen LogP contribution in [0.4, 0.5) is 13.2 Å². The number of hydrogen-bond acceptors (Lipinski definition) is 2. The van der Waals surface area contributed by atoms with E-state index in [1.54, 1.807) is 6.07 Å². The monoisotopic (exact) mass is 299 g/mol. The Morgan fingerprint density at radius 1 is 1.14 bits per heavy atom. The average Bonchev–Trinajstić information content (AvgIpc) is 2.44. The molecule has 0 atom stereocenters. The minimum atomic E-state index is -4.30. The van der Waals surface area contributed by atoms with Gasteiger partial charge in [0, 0.05) is 25.2 Å². The highest BCUT2D eigenvalue weighted by Gasteiger charge is 2.54. The molecular weight excluding hydrogens is 279 g/mol. The zero-order chi connectivity index (χ0) is 15.1. The molecule has 1 saturated heterocycles. The van der Waals surface area contributed by atoms with E-state index in [9.17, 15) is 13.2 Å². The van der Waals surface area contributed by atoms with Crippen LogP contribution in [-0.2, 0) is 16.3 Å². The van der Waals surface area contributed by atoms with Gasteiger partial charge in [0.25, 0.3) is 0 Å².